The summed E-state index contributed by atoms with van der Waals surface area (Å²) in [5.74, 6) is 1.67. The standard InChI is InChI=1S/C20H27N5O/c26-19(16-23-10-3-4-11-23)24-12-5-6-17(14-24)20-22-9-13-25(20)15-18-7-1-2-8-21-18/h1-2,7-9,13,17H,3-6,10-12,14-16H2/t17-/m1/s1. The molecule has 1 atom stereocenters. The van der Waals surface area contributed by atoms with Crippen molar-refractivity contribution < 1.29 is 4.79 Å². The fourth-order valence-corrected chi connectivity index (χ4v) is 4.13. The number of imidazole rings is 1. The zero-order chi connectivity index (χ0) is 17.8. The summed E-state index contributed by atoms with van der Waals surface area (Å²) in [6.45, 7) is 5.11. The van der Waals surface area contributed by atoms with Gasteiger partial charge in [-0.2, -0.15) is 0 Å². The van der Waals surface area contributed by atoms with Crippen molar-refractivity contribution in [3.63, 3.8) is 0 Å². The van der Waals surface area contributed by atoms with Crippen LogP contribution in [-0.4, -0.2) is 63.0 Å². The highest BCUT2D eigenvalue weighted by Crippen LogP contribution is 2.26. The maximum atomic E-state index is 12.7. The smallest absolute Gasteiger partial charge is 0.236 e. The largest absolute Gasteiger partial charge is 0.341 e. The summed E-state index contributed by atoms with van der Waals surface area (Å²) >= 11 is 0. The van der Waals surface area contributed by atoms with E-state index in [1.807, 2.05) is 41.7 Å². The number of piperidine rings is 1. The van der Waals surface area contributed by atoms with Crippen LogP contribution in [0, 0.1) is 0 Å². The Morgan fingerprint density at radius 1 is 1.08 bits per heavy atom. The van der Waals surface area contributed by atoms with Crippen molar-refractivity contribution in [1.29, 1.82) is 0 Å². The van der Waals surface area contributed by atoms with Crippen LogP contribution in [0.1, 0.15) is 43.1 Å². The number of hydrogen-bond acceptors (Lipinski definition) is 4. The summed E-state index contributed by atoms with van der Waals surface area (Å²) in [4.78, 5) is 26.1. The molecule has 138 valence electrons. The minimum Gasteiger partial charge on any atom is -0.341 e. The summed E-state index contributed by atoms with van der Waals surface area (Å²) < 4.78 is 2.18. The van der Waals surface area contributed by atoms with Gasteiger partial charge in [0.25, 0.3) is 0 Å². The molecule has 6 nitrogen and oxygen atoms in total. The second-order valence-corrected chi connectivity index (χ2v) is 7.40. The molecule has 2 aliphatic rings. The predicted molar refractivity (Wildman–Crippen MR) is 99.8 cm³/mol. The van der Waals surface area contributed by atoms with Crippen LogP contribution in [0.15, 0.2) is 36.8 Å². The van der Waals surface area contributed by atoms with Crippen LogP contribution in [-0.2, 0) is 11.3 Å². The molecular weight excluding hydrogens is 326 g/mol. The van der Waals surface area contributed by atoms with E-state index in [9.17, 15) is 4.79 Å². The van der Waals surface area contributed by atoms with Crippen molar-refractivity contribution in [2.45, 2.75) is 38.1 Å². The lowest BCUT2D eigenvalue weighted by molar-refractivity contribution is -0.133. The lowest BCUT2D eigenvalue weighted by atomic mass is 9.97. The van der Waals surface area contributed by atoms with E-state index in [0.717, 1.165) is 57.1 Å². The number of likely N-dealkylation sites (tertiary alicyclic amines) is 2. The summed E-state index contributed by atoms with van der Waals surface area (Å²) in [6.07, 6.45) is 10.3. The second-order valence-electron chi connectivity index (χ2n) is 7.40. The van der Waals surface area contributed by atoms with E-state index < -0.39 is 0 Å². The quantitative estimate of drug-likeness (QED) is 0.826. The topological polar surface area (TPSA) is 54.3 Å². The number of carbonyl (C=O) groups excluding carboxylic acids is 1. The van der Waals surface area contributed by atoms with Crippen LogP contribution in [0.4, 0.5) is 0 Å². The average Bonchev–Trinajstić information content (AvgIpc) is 3.35. The molecule has 1 amide bonds. The van der Waals surface area contributed by atoms with Gasteiger partial charge < -0.3 is 9.47 Å². The fourth-order valence-electron chi connectivity index (χ4n) is 4.13. The molecule has 0 N–H and O–H groups in total. The number of hydrogen-bond donors (Lipinski definition) is 0. The van der Waals surface area contributed by atoms with Gasteiger partial charge in [-0.05, 0) is 50.9 Å². The van der Waals surface area contributed by atoms with E-state index in [0.29, 0.717) is 12.5 Å². The van der Waals surface area contributed by atoms with E-state index in [4.69, 9.17) is 0 Å². The summed E-state index contributed by atoms with van der Waals surface area (Å²) in [5, 5.41) is 0. The Hall–Kier alpha value is -2.21. The minimum absolute atomic E-state index is 0.277. The lowest BCUT2D eigenvalue weighted by Gasteiger charge is -2.33. The molecule has 2 aromatic heterocycles. The maximum Gasteiger partial charge on any atom is 0.236 e. The van der Waals surface area contributed by atoms with Gasteiger partial charge in [0, 0.05) is 37.6 Å². The molecule has 0 unspecified atom stereocenters. The number of aromatic nitrogens is 3. The van der Waals surface area contributed by atoms with Gasteiger partial charge >= 0.3 is 0 Å². The van der Waals surface area contributed by atoms with Crippen LogP contribution in [0.5, 0.6) is 0 Å². The molecule has 2 aliphatic heterocycles. The Bertz CT molecular complexity index is 723. The summed E-state index contributed by atoms with van der Waals surface area (Å²) in [5.41, 5.74) is 1.03. The molecule has 2 aromatic rings. The Morgan fingerprint density at radius 3 is 2.77 bits per heavy atom. The highest BCUT2D eigenvalue weighted by atomic mass is 16.2. The van der Waals surface area contributed by atoms with E-state index in [2.05, 4.69) is 19.4 Å². The third-order valence-electron chi connectivity index (χ3n) is 5.50. The van der Waals surface area contributed by atoms with E-state index >= 15 is 0 Å². The van der Waals surface area contributed by atoms with Crippen LogP contribution in [0.3, 0.4) is 0 Å². The molecule has 0 radical (unpaired) electrons. The molecule has 0 bridgehead atoms. The van der Waals surface area contributed by atoms with Crippen LogP contribution in [0.25, 0.3) is 0 Å². The summed E-state index contributed by atoms with van der Waals surface area (Å²) in [7, 11) is 0. The van der Waals surface area contributed by atoms with E-state index in [1.165, 1.54) is 12.8 Å². The molecule has 0 spiro atoms. The van der Waals surface area contributed by atoms with Crippen molar-refractivity contribution in [2.75, 3.05) is 32.7 Å². The van der Waals surface area contributed by atoms with E-state index in [-0.39, 0.29) is 5.91 Å². The minimum atomic E-state index is 0.277. The van der Waals surface area contributed by atoms with Gasteiger partial charge in [-0.3, -0.25) is 14.7 Å². The van der Waals surface area contributed by atoms with Crippen LogP contribution < -0.4 is 0 Å². The van der Waals surface area contributed by atoms with Gasteiger partial charge in [-0.1, -0.05) is 6.07 Å². The first-order valence-corrected chi connectivity index (χ1v) is 9.70. The van der Waals surface area contributed by atoms with Crippen LogP contribution in [0.2, 0.25) is 0 Å². The van der Waals surface area contributed by atoms with Crippen molar-refractivity contribution in [3.05, 3.63) is 48.3 Å². The van der Waals surface area contributed by atoms with Gasteiger partial charge in [-0.25, -0.2) is 4.98 Å². The van der Waals surface area contributed by atoms with Gasteiger partial charge in [0.1, 0.15) is 5.82 Å². The first kappa shape index (κ1) is 17.2. The molecular formula is C20H27N5O. The van der Waals surface area contributed by atoms with Crippen molar-refractivity contribution >= 4 is 5.91 Å². The molecule has 0 aromatic carbocycles. The SMILES string of the molecule is O=C(CN1CCCC1)N1CCC[C@@H](c2nccn2Cc2ccccn2)C1. The fraction of sp³-hybridized carbons (Fsp3) is 0.550. The molecule has 4 rings (SSSR count). The third kappa shape index (κ3) is 3.96. The van der Waals surface area contributed by atoms with E-state index in [1.54, 1.807) is 0 Å². The molecule has 0 saturated carbocycles. The van der Waals surface area contributed by atoms with Crippen molar-refractivity contribution in [3.8, 4) is 0 Å². The normalized spacial score (nSPS) is 21.2. The molecule has 26 heavy (non-hydrogen) atoms. The van der Waals surface area contributed by atoms with Gasteiger partial charge in [0.05, 0.1) is 18.8 Å². The number of pyridine rings is 1. The number of carbonyl (C=O) groups is 1. The molecule has 2 fully saturated rings. The van der Waals surface area contributed by atoms with Gasteiger partial charge in [0.15, 0.2) is 0 Å². The maximum absolute atomic E-state index is 12.7. The highest BCUT2D eigenvalue weighted by Gasteiger charge is 2.28. The molecule has 6 heteroatoms. The second kappa shape index (κ2) is 7.99. The Balaban J connectivity index is 1.41. The molecule has 0 aliphatic carbocycles. The zero-order valence-electron chi connectivity index (χ0n) is 15.3. The van der Waals surface area contributed by atoms with Gasteiger partial charge in [0.2, 0.25) is 5.91 Å². The lowest BCUT2D eigenvalue weighted by Crippen LogP contribution is -2.44. The average molecular weight is 353 g/mol. The van der Waals surface area contributed by atoms with Crippen LogP contribution >= 0.6 is 0 Å². The van der Waals surface area contributed by atoms with Crippen molar-refractivity contribution in [1.82, 2.24) is 24.3 Å². The summed E-state index contributed by atoms with van der Waals surface area (Å²) in [6, 6.07) is 5.98. The zero-order valence-corrected chi connectivity index (χ0v) is 15.3. The first-order valence-electron chi connectivity index (χ1n) is 9.70. The highest BCUT2D eigenvalue weighted by molar-refractivity contribution is 5.78. The third-order valence-corrected chi connectivity index (χ3v) is 5.50. The van der Waals surface area contributed by atoms with Gasteiger partial charge in [-0.15, -0.1) is 0 Å². The molecule has 4 heterocycles. The van der Waals surface area contributed by atoms with Crippen molar-refractivity contribution in [2.24, 2.45) is 0 Å². The predicted octanol–water partition coefficient (Wildman–Crippen LogP) is 2.13. The molecule has 2 saturated heterocycles. The first-order chi connectivity index (χ1) is 12.8. The number of amides is 1. The number of nitrogens with zero attached hydrogens (tertiary/aromatic N) is 5. The number of rotatable bonds is 5. The Labute approximate surface area is 154 Å². The Kier molecular flexibility index (Phi) is 5.29. The Morgan fingerprint density at radius 2 is 1.96 bits per heavy atom. The monoisotopic (exact) mass is 353 g/mol.